The van der Waals surface area contributed by atoms with Gasteiger partial charge in [0, 0.05) is 20.2 Å². The highest BCUT2D eigenvalue weighted by Gasteiger charge is 2.26. The van der Waals surface area contributed by atoms with Crippen LogP contribution in [0, 0.1) is 0 Å². The van der Waals surface area contributed by atoms with E-state index < -0.39 is 10.0 Å². The predicted molar refractivity (Wildman–Crippen MR) is 83.6 cm³/mol. The lowest BCUT2D eigenvalue weighted by atomic mass is 10.1. The smallest absolute Gasteiger partial charge is 0.255 e. The average molecular weight is 347 g/mol. The van der Waals surface area contributed by atoms with Crippen molar-refractivity contribution in [2.75, 3.05) is 27.2 Å². The van der Waals surface area contributed by atoms with E-state index in [0.717, 1.165) is 12.8 Å². The first-order chi connectivity index (χ1) is 10.4. The lowest BCUT2D eigenvalue weighted by Crippen LogP contribution is -2.40. The number of rotatable bonds is 4. The summed E-state index contributed by atoms with van der Waals surface area (Å²) >= 11 is 6.07. The monoisotopic (exact) mass is 346 g/mol. The molecule has 122 valence electrons. The summed E-state index contributed by atoms with van der Waals surface area (Å²) in [5.41, 5.74) is 0.203. The molecule has 6 nitrogen and oxygen atoms in total. The maximum atomic E-state index is 12.6. The Morgan fingerprint density at radius 2 is 2.00 bits per heavy atom. The first-order valence-corrected chi connectivity index (χ1v) is 8.80. The number of methoxy groups -OCH3 is 1. The number of amides is 1. The fourth-order valence-corrected chi connectivity index (χ4v) is 3.37. The van der Waals surface area contributed by atoms with Crippen LogP contribution in [0.25, 0.3) is 0 Å². The number of sulfonamides is 1. The molecule has 0 radical (unpaired) electrons. The van der Waals surface area contributed by atoms with E-state index in [4.69, 9.17) is 16.3 Å². The average Bonchev–Trinajstić information content (AvgIpc) is 2.54. The number of piperidine rings is 1. The second-order valence-corrected chi connectivity index (χ2v) is 7.37. The second-order valence-electron chi connectivity index (χ2n) is 5.08. The number of carbonyl (C=O) groups excluding carboxylic acids is 1. The van der Waals surface area contributed by atoms with Crippen LogP contribution in [0.4, 0.5) is 0 Å². The minimum atomic E-state index is -3.61. The standard InChI is InChI=1S/C14H19ClN2O4S/c1-16-22(19,20)11-3-4-13(15)12(9-11)14(18)17-7-5-10(21-2)6-8-17/h3-4,9-10,16H,5-8H2,1-2H3. The molecule has 0 spiro atoms. The Bertz CT molecular complexity index is 655. The molecule has 22 heavy (non-hydrogen) atoms. The van der Waals surface area contributed by atoms with Gasteiger partial charge in [-0.05, 0) is 38.1 Å². The van der Waals surface area contributed by atoms with Gasteiger partial charge in [-0.3, -0.25) is 4.79 Å². The molecular weight excluding hydrogens is 328 g/mol. The van der Waals surface area contributed by atoms with Crippen molar-refractivity contribution in [2.45, 2.75) is 23.8 Å². The van der Waals surface area contributed by atoms with Gasteiger partial charge in [-0.25, -0.2) is 13.1 Å². The summed E-state index contributed by atoms with van der Waals surface area (Å²) < 4.78 is 31.2. The number of hydrogen-bond donors (Lipinski definition) is 1. The molecule has 1 saturated heterocycles. The predicted octanol–water partition coefficient (Wildman–Crippen LogP) is 1.50. The fourth-order valence-electron chi connectivity index (χ4n) is 2.42. The highest BCUT2D eigenvalue weighted by molar-refractivity contribution is 7.89. The van der Waals surface area contributed by atoms with Crippen molar-refractivity contribution in [1.82, 2.24) is 9.62 Å². The number of benzene rings is 1. The van der Waals surface area contributed by atoms with Gasteiger partial charge < -0.3 is 9.64 Å². The van der Waals surface area contributed by atoms with E-state index in [1.807, 2.05) is 0 Å². The summed E-state index contributed by atoms with van der Waals surface area (Å²) in [6, 6.07) is 4.13. The van der Waals surface area contributed by atoms with Gasteiger partial charge in [-0.2, -0.15) is 0 Å². The first-order valence-electron chi connectivity index (χ1n) is 6.94. The molecule has 1 heterocycles. The molecule has 0 atom stereocenters. The third-order valence-corrected chi connectivity index (χ3v) is 5.55. The van der Waals surface area contributed by atoms with Crippen LogP contribution in [0.5, 0.6) is 0 Å². The zero-order valence-corrected chi connectivity index (χ0v) is 14.1. The van der Waals surface area contributed by atoms with Crippen molar-refractivity contribution in [3.63, 3.8) is 0 Å². The van der Waals surface area contributed by atoms with Crippen molar-refractivity contribution < 1.29 is 17.9 Å². The van der Waals surface area contributed by atoms with E-state index in [0.29, 0.717) is 13.1 Å². The largest absolute Gasteiger partial charge is 0.381 e. The molecule has 1 amide bonds. The topological polar surface area (TPSA) is 75.7 Å². The molecule has 2 rings (SSSR count). The number of hydrogen-bond acceptors (Lipinski definition) is 4. The van der Waals surface area contributed by atoms with Gasteiger partial charge >= 0.3 is 0 Å². The van der Waals surface area contributed by atoms with E-state index >= 15 is 0 Å². The van der Waals surface area contributed by atoms with Gasteiger partial charge in [0.2, 0.25) is 10.0 Å². The Labute approximate surface area is 135 Å². The summed E-state index contributed by atoms with van der Waals surface area (Å²) in [6.45, 7) is 1.13. The fraction of sp³-hybridized carbons (Fsp3) is 0.500. The SMILES string of the molecule is CNS(=O)(=O)c1ccc(Cl)c(C(=O)N2CCC(OC)CC2)c1. The Balaban J connectivity index is 2.25. The zero-order valence-electron chi connectivity index (χ0n) is 12.5. The van der Waals surface area contributed by atoms with E-state index in [9.17, 15) is 13.2 Å². The number of nitrogens with one attached hydrogen (secondary N) is 1. The maximum absolute atomic E-state index is 12.6. The summed E-state index contributed by atoms with van der Waals surface area (Å²) in [7, 11) is -0.636. The van der Waals surface area contributed by atoms with Crippen molar-refractivity contribution >= 4 is 27.5 Å². The minimum absolute atomic E-state index is 0.0227. The summed E-state index contributed by atoms with van der Waals surface area (Å²) in [4.78, 5) is 14.3. The third kappa shape index (κ3) is 3.60. The lowest BCUT2D eigenvalue weighted by molar-refractivity contribution is 0.0351. The van der Waals surface area contributed by atoms with Crippen LogP contribution in [0.1, 0.15) is 23.2 Å². The molecule has 1 aliphatic heterocycles. The molecule has 0 unspecified atom stereocenters. The van der Waals surface area contributed by atoms with Gasteiger partial charge in [0.25, 0.3) is 5.91 Å². The van der Waals surface area contributed by atoms with Crippen LogP contribution in [0.2, 0.25) is 5.02 Å². The summed E-state index contributed by atoms with van der Waals surface area (Å²) in [5.74, 6) is -0.257. The lowest BCUT2D eigenvalue weighted by Gasteiger charge is -2.31. The molecule has 0 bridgehead atoms. The number of carbonyl (C=O) groups is 1. The zero-order chi connectivity index (χ0) is 16.3. The Kier molecular flexibility index (Phi) is 5.44. The van der Waals surface area contributed by atoms with E-state index in [2.05, 4.69) is 4.72 Å². The quantitative estimate of drug-likeness (QED) is 0.896. The van der Waals surface area contributed by atoms with Crippen LogP contribution in [0.15, 0.2) is 23.1 Å². The molecule has 1 N–H and O–H groups in total. The molecule has 0 aromatic heterocycles. The maximum Gasteiger partial charge on any atom is 0.255 e. The number of likely N-dealkylation sites (tertiary alicyclic amines) is 1. The van der Waals surface area contributed by atoms with Crippen LogP contribution in [-0.4, -0.2) is 52.6 Å². The molecule has 8 heteroatoms. The van der Waals surface area contributed by atoms with E-state index in [-0.39, 0.29) is 27.5 Å². The molecule has 0 aliphatic carbocycles. The Morgan fingerprint density at radius 1 is 1.36 bits per heavy atom. The van der Waals surface area contributed by atoms with Crippen LogP contribution >= 0.6 is 11.6 Å². The van der Waals surface area contributed by atoms with Crippen LogP contribution in [-0.2, 0) is 14.8 Å². The highest BCUT2D eigenvalue weighted by atomic mass is 35.5. The first kappa shape index (κ1) is 17.2. The van der Waals surface area contributed by atoms with Gasteiger partial charge in [0.15, 0.2) is 0 Å². The van der Waals surface area contributed by atoms with E-state index in [1.54, 1.807) is 12.0 Å². The molecule has 1 aliphatic rings. The number of ether oxygens (including phenoxy) is 1. The van der Waals surface area contributed by atoms with Crippen LogP contribution in [0.3, 0.4) is 0 Å². The third-order valence-electron chi connectivity index (χ3n) is 3.81. The Morgan fingerprint density at radius 3 is 2.55 bits per heavy atom. The number of nitrogens with zero attached hydrogens (tertiary/aromatic N) is 1. The van der Waals surface area contributed by atoms with Gasteiger partial charge in [-0.1, -0.05) is 11.6 Å². The van der Waals surface area contributed by atoms with Crippen LogP contribution < -0.4 is 4.72 Å². The molecular formula is C14H19ClN2O4S. The van der Waals surface area contributed by atoms with Gasteiger partial charge in [-0.15, -0.1) is 0 Å². The molecule has 1 fully saturated rings. The minimum Gasteiger partial charge on any atom is -0.381 e. The van der Waals surface area contributed by atoms with E-state index in [1.165, 1.54) is 25.2 Å². The van der Waals surface area contributed by atoms with Crippen molar-refractivity contribution in [3.05, 3.63) is 28.8 Å². The summed E-state index contributed by atoms with van der Waals surface area (Å²) in [6.07, 6.45) is 1.68. The highest BCUT2D eigenvalue weighted by Crippen LogP contribution is 2.24. The number of halogens is 1. The Hall–Kier alpha value is -1.15. The molecule has 1 aromatic rings. The normalized spacial score (nSPS) is 16.8. The summed E-state index contributed by atoms with van der Waals surface area (Å²) in [5, 5.41) is 0.244. The van der Waals surface area contributed by atoms with Crippen molar-refractivity contribution in [1.29, 1.82) is 0 Å². The van der Waals surface area contributed by atoms with Crippen molar-refractivity contribution in [3.8, 4) is 0 Å². The molecule has 1 aromatic carbocycles. The van der Waals surface area contributed by atoms with Gasteiger partial charge in [0.1, 0.15) is 0 Å². The van der Waals surface area contributed by atoms with Crippen molar-refractivity contribution in [2.24, 2.45) is 0 Å². The molecule has 0 saturated carbocycles. The second kappa shape index (κ2) is 6.95. The van der Waals surface area contributed by atoms with Gasteiger partial charge in [0.05, 0.1) is 21.6 Å².